The molecule has 2 heterocycles. The predicted octanol–water partition coefficient (Wildman–Crippen LogP) is 4.42. The molecule has 0 aliphatic carbocycles. The van der Waals surface area contributed by atoms with E-state index < -0.39 is 30.1 Å². The van der Waals surface area contributed by atoms with Crippen LogP contribution in [0.25, 0.3) is 11.1 Å². The van der Waals surface area contributed by atoms with E-state index in [4.69, 9.17) is 10.2 Å². The van der Waals surface area contributed by atoms with E-state index in [0.717, 1.165) is 18.9 Å². The molecule has 9 heteroatoms. The topological polar surface area (TPSA) is 81.6 Å². The van der Waals surface area contributed by atoms with Crippen molar-refractivity contribution < 1.29 is 27.1 Å². The van der Waals surface area contributed by atoms with E-state index in [0.29, 0.717) is 30.0 Å². The molecule has 2 atom stereocenters. The molecule has 1 aliphatic rings. The smallest absolute Gasteiger partial charge is 0.439 e. The maximum Gasteiger partial charge on any atom is 0.573 e. The Morgan fingerprint density at radius 2 is 1.90 bits per heavy atom. The lowest BCUT2D eigenvalue weighted by Gasteiger charge is -2.38. The fourth-order valence-electron chi connectivity index (χ4n) is 3.79. The van der Waals surface area contributed by atoms with Gasteiger partial charge in [0.05, 0.1) is 11.6 Å². The number of benzene rings is 2. The van der Waals surface area contributed by atoms with Gasteiger partial charge in [0.1, 0.15) is 17.3 Å². The lowest BCUT2D eigenvalue weighted by atomic mass is 9.94. The molecule has 1 saturated heterocycles. The van der Waals surface area contributed by atoms with Crippen molar-refractivity contribution in [2.45, 2.75) is 37.7 Å². The quantitative estimate of drug-likeness (QED) is 0.677. The van der Waals surface area contributed by atoms with Crippen LogP contribution in [0.1, 0.15) is 41.6 Å². The molecular weight excluding hydrogens is 399 g/mol. The molecule has 30 heavy (non-hydrogen) atoms. The summed E-state index contributed by atoms with van der Waals surface area (Å²) in [7, 11) is 0. The Kier molecular flexibility index (Phi) is 5.38. The number of halogens is 3. The van der Waals surface area contributed by atoms with E-state index in [1.165, 1.54) is 23.1 Å². The zero-order valence-corrected chi connectivity index (χ0v) is 15.9. The summed E-state index contributed by atoms with van der Waals surface area (Å²) in [4.78, 5) is 19.1. The first kappa shape index (κ1) is 20.2. The molecule has 1 amide bonds. The molecule has 0 spiro atoms. The minimum absolute atomic E-state index is 0.161. The first-order valence-electron chi connectivity index (χ1n) is 9.60. The lowest BCUT2D eigenvalue weighted by molar-refractivity contribution is -0.274. The number of aromatic nitrogens is 1. The van der Waals surface area contributed by atoms with Crippen LogP contribution in [0.2, 0.25) is 0 Å². The van der Waals surface area contributed by atoms with Gasteiger partial charge in [-0.15, -0.1) is 13.2 Å². The zero-order valence-electron chi connectivity index (χ0n) is 15.9. The van der Waals surface area contributed by atoms with Crippen molar-refractivity contribution in [3.05, 3.63) is 60.0 Å². The molecule has 0 radical (unpaired) electrons. The maximum atomic E-state index is 13.2. The highest BCUT2D eigenvalue weighted by Crippen LogP contribution is 2.32. The highest BCUT2D eigenvalue weighted by atomic mass is 19.4. The van der Waals surface area contributed by atoms with Gasteiger partial charge in [0.15, 0.2) is 5.58 Å². The van der Waals surface area contributed by atoms with Crippen molar-refractivity contribution in [2.75, 3.05) is 6.54 Å². The SMILES string of the molecule is NC(c1nc2ccccc2o1)[C@@H]1CCCCN1C(=O)c1ccccc1OC(F)(F)F. The van der Waals surface area contributed by atoms with Gasteiger partial charge in [0, 0.05) is 6.54 Å². The Morgan fingerprint density at radius 1 is 1.17 bits per heavy atom. The summed E-state index contributed by atoms with van der Waals surface area (Å²) >= 11 is 0. The van der Waals surface area contributed by atoms with Gasteiger partial charge >= 0.3 is 6.36 Å². The van der Waals surface area contributed by atoms with E-state index >= 15 is 0 Å². The van der Waals surface area contributed by atoms with Crippen LogP contribution in [0.15, 0.2) is 52.9 Å². The number of hydrogen-bond acceptors (Lipinski definition) is 5. The summed E-state index contributed by atoms with van der Waals surface area (Å²) in [6, 6.07) is 11.4. The van der Waals surface area contributed by atoms with Crippen molar-refractivity contribution in [1.82, 2.24) is 9.88 Å². The number of para-hydroxylation sites is 3. The van der Waals surface area contributed by atoms with Crippen LogP contribution in [-0.4, -0.2) is 34.7 Å². The summed E-state index contributed by atoms with van der Waals surface area (Å²) < 4.78 is 48.1. The number of alkyl halides is 3. The number of ether oxygens (including phenoxy) is 1. The summed E-state index contributed by atoms with van der Waals surface area (Å²) in [5.74, 6) is -0.804. The van der Waals surface area contributed by atoms with Crippen molar-refractivity contribution >= 4 is 17.0 Å². The number of amides is 1. The van der Waals surface area contributed by atoms with Gasteiger partial charge in [-0.05, 0) is 43.5 Å². The summed E-state index contributed by atoms with van der Waals surface area (Å²) in [6.07, 6.45) is -2.74. The van der Waals surface area contributed by atoms with Gasteiger partial charge in [0.2, 0.25) is 5.89 Å². The standard InChI is InChI=1S/C21H20F3N3O3/c22-21(23,24)30-16-10-3-1-7-13(16)20(28)27-12-6-5-9-15(27)18(25)19-26-14-8-2-4-11-17(14)29-19/h1-4,7-8,10-11,15,18H,5-6,9,12,25H2/t15-,18?/m0/s1. The predicted molar refractivity (Wildman–Crippen MR) is 103 cm³/mol. The van der Waals surface area contributed by atoms with Gasteiger partial charge in [-0.2, -0.15) is 0 Å². The fourth-order valence-corrected chi connectivity index (χ4v) is 3.79. The van der Waals surface area contributed by atoms with Crippen molar-refractivity contribution in [2.24, 2.45) is 5.73 Å². The van der Waals surface area contributed by atoms with E-state index in [1.54, 1.807) is 12.1 Å². The number of carbonyl (C=O) groups is 1. The Balaban J connectivity index is 1.63. The molecule has 1 aromatic heterocycles. The average Bonchev–Trinajstić information content (AvgIpc) is 3.16. The molecule has 158 valence electrons. The molecule has 0 saturated carbocycles. The van der Waals surface area contributed by atoms with Crippen LogP contribution in [0.5, 0.6) is 5.75 Å². The van der Waals surface area contributed by atoms with Crippen LogP contribution in [-0.2, 0) is 0 Å². The van der Waals surface area contributed by atoms with Crippen LogP contribution in [0.4, 0.5) is 13.2 Å². The number of oxazole rings is 1. The second-order valence-corrected chi connectivity index (χ2v) is 7.15. The fraction of sp³-hybridized carbons (Fsp3) is 0.333. The molecule has 3 aromatic rings. The number of nitrogens with two attached hydrogens (primary N) is 1. The first-order valence-corrected chi connectivity index (χ1v) is 9.60. The molecule has 1 unspecified atom stereocenters. The third kappa shape index (κ3) is 4.11. The Labute approximate surface area is 170 Å². The Morgan fingerprint density at radius 3 is 2.67 bits per heavy atom. The van der Waals surface area contributed by atoms with Gasteiger partial charge in [-0.25, -0.2) is 4.98 Å². The first-order chi connectivity index (χ1) is 14.3. The van der Waals surface area contributed by atoms with Crippen molar-refractivity contribution in [1.29, 1.82) is 0 Å². The highest BCUT2D eigenvalue weighted by molar-refractivity contribution is 5.97. The van der Waals surface area contributed by atoms with Crippen molar-refractivity contribution in [3.8, 4) is 5.75 Å². The second kappa shape index (κ2) is 7.98. The van der Waals surface area contributed by atoms with E-state index in [-0.39, 0.29) is 5.56 Å². The second-order valence-electron chi connectivity index (χ2n) is 7.15. The minimum atomic E-state index is -4.90. The summed E-state index contributed by atoms with van der Waals surface area (Å²) in [6.45, 7) is 0.373. The number of hydrogen-bond donors (Lipinski definition) is 1. The minimum Gasteiger partial charge on any atom is -0.439 e. The largest absolute Gasteiger partial charge is 0.573 e. The van der Waals surface area contributed by atoms with Crippen LogP contribution < -0.4 is 10.5 Å². The molecule has 1 aliphatic heterocycles. The Hall–Kier alpha value is -3.07. The van der Waals surface area contributed by atoms with E-state index in [1.807, 2.05) is 12.1 Å². The monoisotopic (exact) mass is 419 g/mol. The van der Waals surface area contributed by atoms with Gasteiger partial charge in [-0.3, -0.25) is 4.79 Å². The number of likely N-dealkylation sites (tertiary alicyclic amines) is 1. The normalized spacial score (nSPS) is 18.4. The van der Waals surface area contributed by atoms with E-state index in [9.17, 15) is 18.0 Å². The van der Waals surface area contributed by atoms with Crippen LogP contribution in [0, 0.1) is 0 Å². The molecular formula is C21H20F3N3O3. The average molecular weight is 419 g/mol. The maximum absolute atomic E-state index is 13.2. The highest BCUT2D eigenvalue weighted by Gasteiger charge is 2.37. The number of carbonyl (C=O) groups excluding carboxylic acids is 1. The number of fused-ring (bicyclic) bond motifs is 1. The third-order valence-electron chi connectivity index (χ3n) is 5.16. The van der Waals surface area contributed by atoms with Gasteiger partial charge < -0.3 is 19.8 Å². The van der Waals surface area contributed by atoms with Crippen LogP contribution in [0.3, 0.4) is 0 Å². The van der Waals surface area contributed by atoms with Gasteiger partial charge in [-0.1, -0.05) is 24.3 Å². The number of piperidine rings is 1. The lowest BCUT2D eigenvalue weighted by Crippen LogP contribution is -2.49. The number of nitrogens with zero attached hydrogens (tertiary/aromatic N) is 2. The van der Waals surface area contributed by atoms with Gasteiger partial charge in [0.25, 0.3) is 5.91 Å². The van der Waals surface area contributed by atoms with Crippen molar-refractivity contribution in [3.63, 3.8) is 0 Å². The van der Waals surface area contributed by atoms with Crippen LogP contribution >= 0.6 is 0 Å². The molecule has 2 N–H and O–H groups in total. The van der Waals surface area contributed by atoms with E-state index in [2.05, 4.69) is 9.72 Å². The summed E-state index contributed by atoms with van der Waals surface area (Å²) in [5, 5.41) is 0. The number of rotatable bonds is 4. The third-order valence-corrected chi connectivity index (χ3v) is 5.16. The molecule has 4 rings (SSSR count). The summed E-state index contributed by atoms with van der Waals surface area (Å²) in [5.41, 5.74) is 7.49. The molecule has 0 bridgehead atoms. The molecule has 1 fully saturated rings. The molecule has 6 nitrogen and oxygen atoms in total. The Bertz CT molecular complexity index is 1020. The molecule has 2 aromatic carbocycles. The zero-order chi connectivity index (χ0) is 21.3.